The fourth-order valence-electron chi connectivity index (χ4n) is 3.03. The summed E-state index contributed by atoms with van der Waals surface area (Å²) in [6.07, 6.45) is 3.03. The van der Waals surface area contributed by atoms with E-state index in [9.17, 15) is 13.2 Å². The third-order valence-electron chi connectivity index (χ3n) is 4.56. The Morgan fingerprint density at radius 1 is 1.28 bits per heavy atom. The average Bonchev–Trinajstić information content (AvgIpc) is 2.59. The first-order chi connectivity index (χ1) is 11.8. The number of hydrogen-bond acceptors (Lipinski definition) is 4. The van der Waals surface area contributed by atoms with Gasteiger partial charge in [-0.25, -0.2) is 8.42 Å². The smallest absolute Gasteiger partial charge is 0.241 e. The molecule has 1 saturated heterocycles. The van der Waals surface area contributed by atoms with Crippen molar-refractivity contribution in [1.82, 2.24) is 14.9 Å². The lowest BCUT2D eigenvalue weighted by Crippen LogP contribution is -2.49. The first-order valence-corrected chi connectivity index (χ1v) is 10.4. The van der Waals surface area contributed by atoms with Crippen molar-refractivity contribution in [2.24, 2.45) is 5.92 Å². The number of nitrogens with zero attached hydrogens (tertiary/aromatic N) is 1. The van der Waals surface area contributed by atoms with Gasteiger partial charge in [-0.15, -0.1) is 0 Å². The molecule has 2 N–H and O–H groups in total. The fraction of sp³-hybridized carbons (Fsp3) is 0.588. The Labute approximate surface area is 155 Å². The highest BCUT2D eigenvalue weighted by Gasteiger charge is 2.28. The van der Waals surface area contributed by atoms with Gasteiger partial charge in [0.15, 0.2) is 0 Å². The van der Waals surface area contributed by atoms with Crippen molar-refractivity contribution in [3.05, 3.63) is 29.3 Å². The second kappa shape index (κ2) is 8.98. The first kappa shape index (κ1) is 20.2. The van der Waals surface area contributed by atoms with Gasteiger partial charge in [0.25, 0.3) is 0 Å². The zero-order valence-corrected chi connectivity index (χ0v) is 16.2. The Kier molecular flexibility index (Phi) is 7.25. The van der Waals surface area contributed by atoms with Crippen molar-refractivity contribution < 1.29 is 13.2 Å². The summed E-state index contributed by atoms with van der Waals surface area (Å²) >= 11 is 5.78. The number of sulfonamides is 1. The number of nitrogens with one attached hydrogen (secondary N) is 2. The number of benzene rings is 1. The van der Waals surface area contributed by atoms with Crippen LogP contribution < -0.4 is 10.0 Å². The third-order valence-corrected chi connectivity index (χ3v) is 6.36. The Bertz CT molecular complexity index is 671. The largest absolute Gasteiger partial charge is 0.341 e. The Morgan fingerprint density at radius 2 is 1.88 bits per heavy atom. The van der Waals surface area contributed by atoms with E-state index in [2.05, 4.69) is 10.0 Å². The molecule has 0 aliphatic carbocycles. The topological polar surface area (TPSA) is 78.5 Å². The molecule has 25 heavy (non-hydrogen) atoms. The summed E-state index contributed by atoms with van der Waals surface area (Å²) in [5, 5.41) is 3.61. The van der Waals surface area contributed by atoms with E-state index in [1.807, 2.05) is 7.05 Å². The lowest BCUT2D eigenvalue weighted by molar-refractivity contribution is -0.134. The van der Waals surface area contributed by atoms with Crippen LogP contribution in [-0.4, -0.2) is 51.9 Å². The maximum absolute atomic E-state index is 12.5. The SMILES string of the molecule is CNCCC1CCN(C(=O)C(C)NS(=O)(=O)c2ccc(Cl)cc2)CC1. The summed E-state index contributed by atoms with van der Waals surface area (Å²) in [6, 6.07) is 5.08. The van der Waals surface area contributed by atoms with Gasteiger partial charge in [0.2, 0.25) is 15.9 Å². The van der Waals surface area contributed by atoms with E-state index in [0.717, 1.165) is 25.8 Å². The van der Waals surface area contributed by atoms with E-state index in [1.165, 1.54) is 24.3 Å². The molecule has 0 saturated carbocycles. The molecule has 1 fully saturated rings. The molecule has 0 radical (unpaired) electrons. The van der Waals surface area contributed by atoms with Crippen LogP contribution in [0.4, 0.5) is 0 Å². The van der Waals surface area contributed by atoms with E-state index in [0.29, 0.717) is 24.0 Å². The minimum atomic E-state index is -3.75. The van der Waals surface area contributed by atoms with E-state index in [1.54, 1.807) is 11.8 Å². The molecule has 1 heterocycles. The number of likely N-dealkylation sites (tertiary alicyclic amines) is 1. The molecule has 0 spiro atoms. The minimum absolute atomic E-state index is 0.0994. The van der Waals surface area contributed by atoms with Crippen LogP contribution in [0, 0.1) is 5.92 Å². The normalized spacial score (nSPS) is 17.5. The van der Waals surface area contributed by atoms with Gasteiger partial charge in [0.1, 0.15) is 0 Å². The summed E-state index contributed by atoms with van der Waals surface area (Å²) in [7, 11) is -1.81. The molecule has 0 bridgehead atoms. The molecular formula is C17H26ClN3O3S. The van der Waals surface area contributed by atoms with Crippen LogP contribution >= 0.6 is 11.6 Å². The van der Waals surface area contributed by atoms with Gasteiger partial charge >= 0.3 is 0 Å². The quantitative estimate of drug-likeness (QED) is 0.748. The molecule has 1 atom stereocenters. The van der Waals surface area contributed by atoms with Crippen LogP contribution in [0.5, 0.6) is 0 Å². The molecule has 6 nitrogen and oxygen atoms in total. The Hall–Kier alpha value is -1.15. The Morgan fingerprint density at radius 3 is 2.44 bits per heavy atom. The lowest BCUT2D eigenvalue weighted by Gasteiger charge is -2.33. The second-order valence-electron chi connectivity index (χ2n) is 6.46. The summed E-state index contributed by atoms with van der Waals surface area (Å²) in [5.41, 5.74) is 0. The number of carbonyl (C=O) groups excluding carboxylic acids is 1. The summed E-state index contributed by atoms with van der Waals surface area (Å²) < 4.78 is 27.2. The van der Waals surface area contributed by atoms with Crippen molar-refractivity contribution in [2.75, 3.05) is 26.7 Å². The van der Waals surface area contributed by atoms with E-state index >= 15 is 0 Å². The fourth-order valence-corrected chi connectivity index (χ4v) is 4.35. The molecular weight excluding hydrogens is 362 g/mol. The van der Waals surface area contributed by atoms with Crippen LogP contribution in [-0.2, 0) is 14.8 Å². The van der Waals surface area contributed by atoms with Crippen LogP contribution in [0.1, 0.15) is 26.2 Å². The molecule has 2 rings (SSSR count). The molecule has 1 unspecified atom stereocenters. The van der Waals surface area contributed by atoms with Gasteiger partial charge in [0, 0.05) is 18.1 Å². The van der Waals surface area contributed by atoms with Gasteiger partial charge < -0.3 is 10.2 Å². The highest BCUT2D eigenvalue weighted by Crippen LogP contribution is 2.21. The maximum atomic E-state index is 12.5. The zero-order chi connectivity index (χ0) is 18.4. The predicted molar refractivity (Wildman–Crippen MR) is 99.1 cm³/mol. The number of piperidine rings is 1. The monoisotopic (exact) mass is 387 g/mol. The van der Waals surface area contributed by atoms with E-state index < -0.39 is 16.1 Å². The standard InChI is InChI=1S/C17H26ClN3O3S/c1-13(20-25(23,24)16-5-3-15(18)4-6-16)17(22)21-11-8-14(9-12-21)7-10-19-2/h3-6,13-14,19-20H,7-12H2,1-2H3. The summed E-state index contributed by atoms with van der Waals surface area (Å²) in [5.74, 6) is 0.446. The van der Waals surface area contributed by atoms with Gasteiger partial charge in [-0.3, -0.25) is 4.79 Å². The van der Waals surface area contributed by atoms with E-state index in [-0.39, 0.29) is 10.8 Å². The van der Waals surface area contributed by atoms with Crippen molar-refractivity contribution >= 4 is 27.5 Å². The van der Waals surface area contributed by atoms with Gasteiger partial charge in [0.05, 0.1) is 10.9 Å². The molecule has 8 heteroatoms. The van der Waals surface area contributed by atoms with Crippen molar-refractivity contribution in [1.29, 1.82) is 0 Å². The predicted octanol–water partition coefficient (Wildman–Crippen LogP) is 1.85. The first-order valence-electron chi connectivity index (χ1n) is 8.55. The highest BCUT2D eigenvalue weighted by molar-refractivity contribution is 7.89. The van der Waals surface area contributed by atoms with E-state index in [4.69, 9.17) is 11.6 Å². The second-order valence-corrected chi connectivity index (χ2v) is 8.61. The van der Waals surface area contributed by atoms with Gasteiger partial charge in [-0.05, 0) is 70.0 Å². The molecule has 1 aliphatic rings. The molecule has 1 aromatic rings. The molecule has 1 aromatic carbocycles. The zero-order valence-electron chi connectivity index (χ0n) is 14.7. The molecule has 1 aliphatic heterocycles. The average molecular weight is 388 g/mol. The van der Waals surface area contributed by atoms with Crippen molar-refractivity contribution in [3.8, 4) is 0 Å². The number of rotatable bonds is 7. The Balaban J connectivity index is 1.91. The number of amides is 1. The van der Waals surface area contributed by atoms with Crippen LogP contribution in [0.15, 0.2) is 29.2 Å². The summed E-state index contributed by atoms with van der Waals surface area (Å²) in [6.45, 7) is 3.93. The number of carbonyl (C=O) groups is 1. The molecule has 0 aromatic heterocycles. The van der Waals surface area contributed by atoms with Crippen LogP contribution in [0.2, 0.25) is 5.02 Å². The van der Waals surface area contributed by atoms with Crippen LogP contribution in [0.3, 0.4) is 0 Å². The highest BCUT2D eigenvalue weighted by atomic mass is 35.5. The lowest BCUT2D eigenvalue weighted by atomic mass is 9.93. The van der Waals surface area contributed by atoms with Gasteiger partial charge in [-0.1, -0.05) is 11.6 Å². The number of hydrogen-bond donors (Lipinski definition) is 2. The third kappa shape index (κ3) is 5.67. The van der Waals surface area contributed by atoms with Crippen molar-refractivity contribution in [3.63, 3.8) is 0 Å². The molecule has 1 amide bonds. The van der Waals surface area contributed by atoms with Crippen molar-refractivity contribution in [2.45, 2.75) is 37.1 Å². The molecule has 140 valence electrons. The summed E-state index contributed by atoms with van der Waals surface area (Å²) in [4.78, 5) is 14.4. The minimum Gasteiger partial charge on any atom is -0.341 e. The maximum Gasteiger partial charge on any atom is 0.241 e. The number of halogens is 1. The van der Waals surface area contributed by atoms with Crippen LogP contribution in [0.25, 0.3) is 0 Å². The van der Waals surface area contributed by atoms with Gasteiger partial charge in [-0.2, -0.15) is 4.72 Å².